The van der Waals surface area contributed by atoms with Crippen molar-refractivity contribution in [2.45, 2.75) is 43.3 Å². The number of amides is 1. The van der Waals surface area contributed by atoms with E-state index in [9.17, 15) is 47.9 Å². The molecule has 7 nitrogen and oxygen atoms in total. The van der Waals surface area contributed by atoms with Crippen LogP contribution >= 0.6 is 72.3 Å². The van der Waals surface area contributed by atoms with Crippen molar-refractivity contribution < 1.29 is 51.6 Å². The van der Waals surface area contributed by atoms with Gasteiger partial charge in [-0.25, -0.2) is 0 Å². The first-order chi connectivity index (χ1) is 21.8. The van der Waals surface area contributed by atoms with Crippen molar-refractivity contribution in [1.82, 2.24) is 5.32 Å². The monoisotopic (exact) mass is 765 g/mol. The summed E-state index contributed by atoms with van der Waals surface area (Å²) in [5.41, 5.74) is -2.94. The van der Waals surface area contributed by atoms with Crippen LogP contribution in [0.15, 0.2) is 60.9 Å². The van der Waals surface area contributed by atoms with Crippen molar-refractivity contribution in [3.8, 4) is 35.1 Å². The second-order valence-electron chi connectivity index (χ2n) is 8.61. The van der Waals surface area contributed by atoms with E-state index < -0.39 is 121 Å². The van der Waals surface area contributed by atoms with Gasteiger partial charge in [0.2, 0.25) is 0 Å². The van der Waals surface area contributed by atoms with Gasteiger partial charge in [0.15, 0.2) is 17.0 Å². The molecule has 3 aromatic rings. The van der Waals surface area contributed by atoms with Crippen molar-refractivity contribution >= 4 is 78.2 Å². The van der Waals surface area contributed by atoms with Crippen LogP contribution in [0.25, 0.3) is 0 Å². The normalized spacial score (nSPS) is 12.4. The van der Waals surface area contributed by atoms with E-state index in [1.165, 1.54) is 12.1 Å². The lowest BCUT2D eigenvalue weighted by molar-refractivity contribution is -0.274. The van der Waals surface area contributed by atoms with E-state index in [1.54, 1.807) is 6.07 Å². The second kappa shape index (κ2) is 16.2. The van der Waals surface area contributed by atoms with E-state index in [-0.39, 0.29) is 27.8 Å². The summed E-state index contributed by atoms with van der Waals surface area (Å²) in [7, 11) is 0. The molecule has 1 amide bonds. The van der Waals surface area contributed by atoms with Crippen LogP contribution < -0.4 is 19.5 Å². The first-order valence-corrected chi connectivity index (χ1v) is 15.6. The highest BCUT2D eigenvalue weighted by atomic mass is 35.5. The molecule has 0 aliphatic heterocycles. The molecule has 0 aliphatic rings. The molecule has 46 heavy (non-hydrogen) atoms. The van der Waals surface area contributed by atoms with Crippen LogP contribution in [-0.2, 0) is 0 Å². The number of nitrogens with one attached hydrogen (secondary N) is 1. The number of nitriles is 2. The third-order valence-corrected chi connectivity index (χ3v) is 9.10. The first-order valence-electron chi connectivity index (χ1n) is 11.6. The third kappa shape index (κ3) is 8.87. The summed E-state index contributed by atoms with van der Waals surface area (Å²) in [5.74, 6) is -2.58. The van der Waals surface area contributed by atoms with E-state index in [0.29, 0.717) is 0 Å². The molecule has 21 heteroatoms. The highest BCUT2D eigenvalue weighted by Crippen LogP contribution is 2.52. The smallest absolute Gasteiger partial charge is 0.486 e. The Morgan fingerprint density at radius 2 is 1.39 bits per heavy atom. The van der Waals surface area contributed by atoms with E-state index in [2.05, 4.69) is 10.1 Å². The molecular weight excluding hydrogens is 754 g/mol. The van der Waals surface area contributed by atoms with Gasteiger partial charge in [-0.2, -0.15) is 30.0 Å². The standard InChI is InChI=1S/C25H12ClF8N3O4S5/c1-24(9-36,37-23(38)17-18(42-30)20(44-32)22(46-34)21(45-33)19(17)43-31)10-39-16-6-11(8-35)2-4-15(16)40-14-5-3-12(7-13(14)26)41-25(27,28)29/h2-7H,10H2,1H3,(H,37,38). The van der Waals surface area contributed by atoms with E-state index in [4.69, 9.17) is 21.1 Å². The van der Waals surface area contributed by atoms with Crippen LogP contribution in [0.1, 0.15) is 22.8 Å². The summed E-state index contributed by atoms with van der Waals surface area (Å²) in [5, 5.41) is 21.0. The number of rotatable bonds is 13. The van der Waals surface area contributed by atoms with E-state index >= 15 is 0 Å². The van der Waals surface area contributed by atoms with E-state index in [0.717, 1.165) is 31.2 Å². The zero-order chi connectivity index (χ0) is 34.2. The van der Waals surface area contributed by atoms with Gasteiger partial charge < -0.3 is 19.5 Å². The number of carbonyl (C=O) groups is 1. The maximum atomic E-state index is 14.0. The summed E-state index contributed by atoms with van der Waals surface area (Å²) < 4.78 is 122. The molecule has 0 saturated heterocycles. The maximum absolute atomic E-state index is 14.0. The molecule has 3 aromatic carbocycles. The Balaban J connectivity index is 1.94. The van der Waals surface area contributed by atoms with Crippen molar-refractivity contribution in [2.75, 3.05) is 6.61 Å². The fourth-order valence-electron chi connectivity index (χ4n) is 3.49. The van der Waals surface area contributed by atoms with Gasteiger partial charge in [0.25, 0.3) is 5.91 Å². The second-order valence-corrected chi connectivity index (χ2v) is 11.8. The third-order valence-electron chi connectivity index (χ3n) is 5.47. The molecule has 1 atom stereocenters. The number of nitrogens with zero attached hydrogens (tertiary/aromatic N) is 2. The highest BCUT2D eigenvalue weighted by Gasteiger charge is 2.36. The molecule has 1 unspecified atom stereocenters. The predicted octanol–water partition coefficient (Wildman–Crippen LogP) is 10.9. The van der Waals surface area contributed by atoms with Gasteiger partial charge in [-0.05, 0) is 31.2 Å². The van der Waals surface area contributed by atoms with Gasteiger partial charge in [0, 0.05) is 12.1 Å². The Morgan fingerprint density at radius 1 is 0.848 bits per heavy atom. The van der Waals surface area contributed by atoms with Crippen LogP contribution in [0.5, 0.6) is 23.0 Å². The SMILES string of the molecule is CC(C#N)(COc1cc(C#N)ccc1Oc1ccc(OC(F)(F)F)cc1Cl)NC(=O)c1c(SF)c(SF)c(SF)c(SF)c1SF. The molecule has 0 heterocycles. The van der Waals surface area contributed by atoms with Crippen LogP contribution in [0.2, 0.25) is 5.02 Å². The topological polar surface area (TPSA) is 104 Å². The number of alkyl halides is 3. The summed E-state index contributed by atoms with van der Waals surface area (Å²) >= 11 is 2.42. The lowest BCUT2D eigenvalue weighted by atomic mass is 10.0. The van der Waals surface area contributed by atoms with Gasteiger partial charge in [0.1, 0.15) is 18.1 Å². The average Bonchev–Trinajstić information content (AvgIpc) is 3.02. The Hall–Kier alpha value is -3.01. The fraction of sp³-hybridized carbons (Fsp3) is 0.160. The number of carbonyl (C=O) groups excluding carboxylic acids is 1. The van der Waals surface area contributed by atoms with Crippen molar-refractivity contribution in [1.29, 1.82) is 10.5 Å². The molecule has 0 spiro atoms. The van der Waals surface area contributed by atoms with Crippen molar-refractivity contribution in [2.24, 2.45) is 0 Å². The van der Waals surface area contributed by atoms with Crippen LogP contribution in [0.3, 0.4) is 0 Å². The Labute approximate surface area is 282 Å². The molecule has 0 fully saturated rings. The molecule has 0 aromatic heterocycles. The summed E-state index contributed by atoms with van der Waals surface area (Å²) in [4.78, 5) is 9.02. The summed E-state index contributed by atoms with van der Waals surface area (Å²) in [6, 6.07) is 10.0. The first kappa shape index (κ1) is 37.4. The molecule has 3 rings (SSSR count). The number of hydrogen-bond acceptors (Lipinski definition) is 11. The lowest BCUT2D eigenvalue weighted by Crippen LogP contribution is -2.49. The predicted molar refractivity (Wildman–Crippen MR) is 158 cm³/mol. The largest absolute Gasteiger partial charge is 0.573 e. The molecule has 0 aliphatic carbocycles. The van der Waals surface area contributed by atoms with Crippen molar-refractivity contribution in [3.63, 3.8) is 0 Å². The number of ether oxygens (including phenoxy) is 3. The minimum absolute atomic E-state index is 0.0256. The Kier molecular flexibility index (Phi) is 13.2. The van der Waals surface area contributed by atoms with E-state index in [1.807, 2.05) is 6.07 Å². The Bertz CT molecular complexity index is 1680. The zero-order valence-electron chi connectivity index (χ0n) is 22.1. The van der Waals surface area contributed by atoms with Crippen LogP contribution in [0, 0.1) is 22.7 Å². The molecule has 244 valence electrons. The van der Waals surface area contributed by atoms with Gasteiger partial charge >= 0.3 is 6.36 Å². The van der Waals surface area contributed by atoms with Crippen molar-refractivity contribution in [3.05, 3.63) is 52.5 Å². The maximum Gasteiger partial charge on any atom is 0.573 e. The molecule has 0 saturated carbocycles. The molecule has 0 radical (unpaired) electrons. The number of halogens is 9. The zero-order valence-corrected chi connectivity index (χ0v) is 27.0. The molecular formula is C25H12ClF8N3O4S5. The van der Waals surface area contributed by atoms with Crippen LogP contribution in [-0.4, -0.2) is 24.4 Å². The lowest BCUT2D eigenvalue weighted by Gasteiger charge is -2.25. The Morgan fingerprint density at radius 3 is 1.87 bits per heavy atom. The minimum Gasteiger partial charge on any atom is -0.486 e. The number of hydrogen-bond donors (Lipinski definition) is 1. The molecule has 1 N–H and O–H groups in total. The van der Waals surface area contributed by atoms with Gasteiger partial charge in [-0.15, -0.1) is 13.2 Å². The van der Waals surface area contributed by atoms with Crippen LogP contribution in [0.4, 0.5) is 32.6 Å². The number of benzene rings is 3. The average molecular weight is 766 g/mol. The fourth-order valence-corrected chi connectivity index (χ4v) is 6.63. The minimum atomic E-state index is -4.99. The van der Waals surface area contributed by atoms with Gasteiger partial charge in [-0.1, -0.05) is 11.6 Å². The van der Waals surface area contributed by atoms with Gasteiger partial charge in [-0.3, -0.25) is 4.79 Å². The molecule has 0 bridgehead atoms. The highest BCUT2D eigenvalue weighted by molar-refractivity contribution is 8.00. The summed E-state index contributed by atoms with van der Waals surface area (Å²) in [6.07, 6.45) is -4.99. The summed E-state index contributed by atoms with van der Waals surface area (Å²) in [6.45, 7) is 0.373. The van der Waals surface area contributed by atoms with Gasteiger partial charge in [0.05, 0.1) is 114 Å². The quantitative estimate of drug-likeness (QED) is 0.168.